The van der Waals surface area contributed by atoms with Crippen LogP contribution in [0.15, 0.2) is 84.9 Å². The largest absolute Gasteiger partial charge is 0.381 e. The van der Waals surface area contributed by atoms with Crippen molar-refractivity contribution in [1.29, 1.82) is 0 Å². The first-order valence-corrected chi connectivity index (χ1v) is 10.7. The second-order valence-corrected chi connectivity index (χ2v) is 7.84. The normalized spacial score (nSPS) is 13.4. The van der Waals surface area contributed by atoms with E-state index in [2.05, 4.69) is 10.6 Å². The Morgan fingerprint density at radius 2 is 1.42 bits per heavy atom. The third-order valence-corrected chi connectivity index (χ3v) is 5.48. The van der Waals surface area contributed by atoms with Gasteiger partial charge in [0, 0.05) is 17.0 Å². The van der Waals surface area contributed by atoms with Crippen LogP contribution >= 0.6 is 11.6 Å². The van der Waals surface area contributed by atoms with Gasteiger partial charge in [-0.25, -0.2) is 0 Å². The molecule has 0 saturated carbocycles. The Morgan fingerprint density at radius 1 is 0.848 bits per heavy atom. The number of amides is 3. The number of hydrogen-bond acceptors (Lipinski definition) is 4. The van der Waals surface area contributed by atoms with Crippen molar-refractivity contribution in [3.05, 3.63) is 107 Å². The second kappa shape index (κ2) is 11.3. The van der Waals surface area contributed by atoms with Gasteiger partial charge in [-0.05, 0) is 29.3 Å². The van der Waals surface area contributed by atoms with Gasteiger partial charge in [-0.15, -0.1) is 0 Å². The summed E-state index contributed by atoms with van der Waals surface area (Å²) in [7, 11) is 0. The molecule has 0 unspecified atom stereocenters. The molecule has 0 aliphatic heterocycles. The third-order valence-electron chi connectivity index (χ3n) is 5.11. The van der Waals surface area contributed by atoms with Gasteiger partial charge in [0.1, 0.15) is 6.04 Å². The summed E-state index contributed by atoms with van der Waals surface area (Å²) in [5, 5.41) is 16.5. The molecule has 0 saturated heterocycles. The van der Waals surface area contributed by atoms with Crippen LogP contribution in [0, 0.1) is 0 Å². The molecule has 7 nitrogen and oxygen atoms in total. The van der Waals surface area contributed by atoms with Gasteiger partial charge in [-0.1, -0.05) is 78.3 Å². The number of primary amides is 1. The molecule has 3 aromatic carbocycles. The summed E-state index contributed by atoms with van der Waals surface area (Å²) < 4.78 is 0. The van der Waals surface area contributed by atoms with Crippen LogP contribution in [0.2, 0.25) is 5.02 Å². The molecule has 8 heteroatoms. The van der Waals surface area contributed by atoms with Crippen molar-refractivity contribution in [2.24, 2.45) is 5.73 Å². The topological polar surface area (TPSA) is 122 Å². The molecule has 0 bridgehead atoms. The third kappa shape index (κ3) is 6.41. The minimum atomic E-state index is -1.69. The van der Waals surface area contributed by atoms with Crippen molar-refractivity contribution >= 4 is 29.3 Å². The van der Waals surface area contributed by atoms with Crippen LogP contribution in [0.25, 0.3) is 0 Å². The van der Waals surface area contributed by atoms with Gasteiger partial charge in [-0.3, -0.25) is 14.4 Å². The molecule has 3 aromatic rings. The maximum absolute atomic E-state index is 12.9. The lowest BCUT2D eigenvalue weighted by atomic mass is 9.99. The fraction of sp³-hybridized carbons (Fsp3) is 0.160. The lowest BCUT2D eigenvalue weighted by Crippen LogP contribution is -2.52. The minimum absolute atomic E-state index is 0.0554. The van der Waals surface area contributed by atoms with E-state index in [0.717, 1.165) is 0 Å². The molecule has 0 fully saturated rings. The van der Waals surface area contributed by atoms with Crippen molar-refractivity contribution in [3.63, 3.8) is 0 Å². The first kappa shape index (κ1) is 24.0. The van der Waals surface area contributed by atoms with E-state index in [-0.39, 0.29) is 6.42 Å². The molecule has 0 radical (unpaired) electrons. The van der Waals surface area contributed by atoms with Crippen LogP contribution in [-0.4, -0.2) is 35.0 Å². The fourth-order valence-corrected chi connectivity index (χ4v) is 3.55. The average Bonchev–Trinajstić information content (AvgIpc) is 2.83. The molecule has 0 heterocycles. The molecule has 33 heavy (non-hydrogen) atoms. The van der Waals surface area contributed by atoms with E-state index in [4.69, 9.17) is 17.3 Å². The zero-order valence-electron chi connectivity index (χ0n) is 17.6. The highest BCUT2D eigenvalue weighted by molar-refractivity contribution is 6.31. The van der Waals surface area contributed by atoms with E-state index < -0.39 is 35.9 Å². The number of rotatable bonds is 9. The number of carbonyl (C=O) groups excluding carboxylic acids is 3. The summed E-state index contributed by atoms with van der Waals surface area (Å²) in [4.78, 5) is 37.6. The Balaban J connectivity index is 1.79. The second-order valence-electron chi connectivity index (χ2n) is 7.43. The Hall–Kier alpha value is -3.68. The molecule has 0 aliphatic rings. The predicted octanol–water partition coefficient (Wildman–Crippen LogP) is 2.38. The van der Waals surface area contributed by atoms with Crippen LogP contribution in [0.5, 0.6) is 0 Å². The molecule has 5 N–H and O–H groups in total. The van der Waals surface area contributed by atoms with Crippen LogP contribution < -0.4 is 16.4 Å². The Labute approximate surface area is 196 Å². The van der Waals surface area contributed by atoms with Crippen LogP contribution in [0.1, 0.15) is 27.5 Å². The maximum Gasteiger partial charge on any atom is 0.252 e. The molecule has 170 valence electrons. The van der Waals surface area contributed by atoms with Gasteiger partial charge < -0.3 is 21.5 Å². The van der Waals surface area contributed by atoms with Crippen molar-refractivity contribution in [3.8, 4) is 0 Å². The molecule has 0 aromatic heterocycles. The number of nitrogens with two attached hydrogens (primary N) is 1. The highest BCUT2D eigenvalue weighted by Gasteiger charge is 2.32. The van der Waals surface area contributed by atoms with E-state index in [1.54, 1.807) is 84.9 Å². The van der Waals surface area contributed by atoms with Crippen LogP contribution in [0.3, 0.4) is 0 Å². The SMILES string of the molecule is NC(=O)[C@H](Cc1ccccc1Cl)NC(=O)[C@H](O)[C@@H](NC(=O)c1ccccc1)c1ccccc1. The van der Waals surface area contributed by atoms with Gasteiger partial charge >= 0.3 is 0 Å². The van der Waals surface area contributed by atoms with Crippen LogP contribution in [-0.2, 0) is 16.0 Å². The summed E-state index contributed by atoms with van der Waals surface area (Å²) >= 11 is 6.16. The predicted molar refractivity (Wildman–Crippen MR) is 125 cm³/mol. The van der Waals surface area contributed by atoms with Crippen molar-refractivity contribution < 1.29 is 19.5 Å². The van der Waals surface area contributed by atoms with Gasteiger partial charge in [-0.2, -0.15) is 0 Å². The number of nitrogens with one attached hydrogen (secondary N) is 2. The van der Waals surface area contributed by atoms with E-state index >= 15 is 0 Å². The summed E-state index contributed by atoms with van der Waals surface area (Å²) in [6.07, 6.45) is -1.63. The van der Waals surface area contributed by atoms with Crippen LogP contribution in [0.4, 0.5) is 0 Å². The first-order chi connectivity index (χ1) is 15.9. The first-order valence-electron chi connectivity index (χ1n) is 10.3. The monoisotopic (exact) mass is 465 g/mol. The van der Waals surface area contributed by atoms with E-state index in [0.29, 0.717) is 21.7 Å². The number of hydrogen-bond donors (Lipinski definition) is 4. The number of aliphatic hydroxyl groups excluding tert-OH is 1. The van der Waals surface area contributed by atoms with E-state index in [1.165, 1.54) is 0 Å². The van der Waals surface area contributed by atoms with Gasteiger partial charge in [0.15, 0.2) is 6.10 Å². The molecule has 0 aliphatic carbocycles. The van der Waals surface area contributed by atoms with E-state index in [9.17, 15) is 19.5 Å². The molecule has 0 spiro atoms. The van der Waals surface area contributed by atoms with Crippen molar-refractivity contribution in [1.82, 2.24) is 10.6 Å². The molecular formula is C25H24ClN3O4. The standard InChI is InChI=1S/C25H24ClN3O4/c26-19-14-8-7-13-18(19)15-20(23(27)31)28-25(33)22(30)21(16-9-3-1-4-10-16)29-24(32)17-11-5-2-6-12-17/h1-14,20-22,30H,15H2,(H2,27,31)(H,28,33)(H,29,32)/t20-,21-,22+/m0/s1. The molecule has 3 atom stereocenters. The smallest absolute Gasteiger partial charge is 0.252 e. The molecule has 3 rings (SSSR count). The summed E-state index contributed by atoms with van der Waals surface area (Å²) in [5.74, 6) is -2.09. The quantitative estimate of drug-likeness (QED) is 0.387. The highest BCUT2D eigenvalue weighted by Crippen LogP contribution is 2.20. The highest BCUT2D eigenvalue weighted by atomic mass is 35.5. The van der Waals surface area contributed by atoms with Gasteiger partial charge in [0.25, 0.3) is 11.8 Å². The maximum atomic E-state index is 12.9. The van der Waals surface area contributed by atoms with Crippen molar-refractivity contribution in [2.75, 3.05) is 0 Å². The van der Waals surface area contributed by atoms with Gasteiger partial charge in [0.05, 0.1) is 6.04 Å². The zero-order chi connectivity index (χ0) is 23.8. The summed E-state index contributed by atoms with van der Waals surface area (Å²) in [5.41, 5.74) is 6.99. The van der Waals surface area contributed by atoms with Gasteiger partial charge in [0.2, 0.25) is 5.91 Å². The summed E-state index contributed by atoms with van der Waals surface area (Å²) in [6, 6.07) is 21.7. The number of halogens is 1. The Kier molecular flexibility index (Phi) is 8.18. The molecule has 3 amide bonds. The molecular weight excluding hydrogens is 442 g/mol. The number of benzene rings is 3. The van der Waals surface area contributed by atoms with E-state index in [1.807, 2.05) is 0 Å². The number of carbonyl (C=O) groups is 3. The lowest BCUT2D eigenvalue weighted by Gasteiger charge is -2.26. The average molecular weight is 466 g/mol. The Morgan fingerprint density at radius 3 is 2.03 bits per heavy atom. The lowest BCUT2D eigenvalue weighted by molar-refractivity contribution is -0.134. The fourth-order valence-electron chi connectivity index (χ4n) is 3.33. The van der Waals surface area contributed by atoms with Crippen molar-refractivity contribution in [2.45, 2.75) is 24.6 Å². The zero-order valence-corrected chi connectivity index (χ0v) is 18.4. The summed E-state index contributed by atoms with van der Waals surface area (Å²) in [6.45, 7) is 0. The Bertz CT molecular complexity index is 1110. The number of aliphatic hydroxyl groups is 1. The minimum Gasteiger partial charge on any atom is -0.381 e.